The minimum absolute atomic E-state index is 0.317. The smallest absolute Gasteiger partial charge is 0.0456 e. The molecule has 0 aliphatic carbocycles. The maximum atomic E-state index is 8.61. The van der Waals surface area contributed by atoms with Gasteiger partial charge in [0, 0.05) is 6.61 Å². The number of aliphatic hydroxyl groups is 1. The van der Waals surface area contributed by atoms with Crippen molar-refractivity contribution in [2.24, 2.45) is 5.92 Å². The second kappa shape index (κ2) is 5.83. The van der Waals surface area contributed by atoms with E-state index in [1.54, 1.807) is 0 Å². The van der Waals surface area contributed by atoms with Gasteiger partial charge in [-0.1, -0.05) is 19.1 Å². The van der Waals surface area contributed by atoms with Crippen LogP contribution < -0.4 is 0 Å². The zero-order valence-corrected chi connectivity index (χ0v) is 6.30. The fourth-order valence-corrected chi connectivity index (χ4v) is 0.639. The van der Waals surface area contributed by atoms with E-state index in [0.717, 1.165) is 12.8 Å². The van der Waals surface area contributed by atoms with E-state index in [0.29, 0.717) is 12.5 Å². The van der Waals surface area contributed by atoms with Crippen LogP contribution in [-0.4, -0.2) is 11.7 Å². The van der Waals surface area contributed by atoms with E-state index < -0.39 is 0 Å². The zero-order valence-electron chi connectivity index (χ0n) is 6.30. The molecule has 0 aliphatic heterocycles. The quantitative estimate of drug-likeness (QED) is 0.574. The average molecular weight is 128 g/mol. The Bertz CT molecular complexity index is 76.6. The minimum atomic E-state index is 0.317. The Morgan fingerprint density at radius 3 is 2.67 bits per heavy atom. The van der Waals surface area contributed by atoms with Crippen LogP contribution in [0.4, 0.5) is 0 Å². The summed E-state index contributed by atoms with van der Waals surface area (Å²) < 4.78 is 0. The van der Waals surface area contributed by atoms with E-state index in [2.05, 4.69) is 13.0 Å². The van der Waals surface area contributed by atoms with Crippen molar-refractivity contribution in [3.8, 4) is 0 Å². The molecule has 0 radical (unpaired) electrons. The molecule has 0 fully saturated rings. The molecule has 1 nitrogen and oxygen atoms in total. The summed E-state index contributed by atoms with van der Waals surface area (Å²) in [4.78, 5) is 0. The molecule has 1 N–H and O–H groups in total. The maximum absolute atomic E-state index is 8.61. The van der Waals surface area contributed by atoms with E-state index >= 15 is 0 Å². The highest BCUT2D eigenvalue weighted by atomic mass is 16.3. The van der Waals surface area contributed by atoms with E-state index in [4.69, 9.17) is 5.11 Å². The van der Waals surface area contributed by atoms with Crippen LogP contribution in [0.25, 0.3) is 0 Å². The van der Waals surface area contributed by atoms with Crippen LogP contribution in [0.15, 0.2) is 12.2 Å². The molecule has 9 heavy (non-hydrogen) atoms. The lowest BCUT2D eigenvalue weighted by Gasteiger charge is -2.02. The normalized spacial score (nSPS) is 14.6. The van der Waals surface area contributed by atoms with Crippen molar-refractivity contribution in [1.82, 2.24) is 0 Å². The molecule has 0 aromatic carbocycles. The van der Waals surface area contributed by atoms with Crippen molar-refractivity contribution in [2.75, 3.05) is 6.61 Å². The third kappa shape index (κ3) is 5.57. The molecule has 0 saturated carbocycles. The second-order valence-corrected chi connectivity index (χ2v) is 2.43. The molecule has 0 saturated heterocycles. The summed E-state index contributed by atoms with van der Waals surface area (Å²) in [6.45, 7) is 4.39. The van der Waals surface area contributed by atoms with Crippen LogP contribution in [0.1, 0.15) is 26.7 Å². The first-order valence-corrected chi connectivity index (χ1v) is 3.53. The molecular formula is C8H16O. The van der Waals surface area contributed by atoms with E-state index in [9.17, 15) is 0 Å². The summed E-state index contributed by atoms with van der Waals surface area (Å²) in [5, 5.41) is 8.61. The first kappa shape index (κ1) is 8.70. The molecule has 0 aliphatic rings. The van der Waals surface area contributed by atoms with Gasteiger partial charge in [-0.3, -0.25) is 0 Å². The van der Waals surface area contributed by atoms with Gasteiger partial charge in [-0.2, -0.15) is 0 Å². The van der Waals surface area contributed by atoms with Crippen LogP contribution in [0.5, 0.6) is 0 Å². The number of rotatable bonds is 4. The van der Waals surface area contributed by atoms with Gasteiger partial charge in [0.2, 0.25) is 0 Å². The SMILES string of the molecule is C/C=C/CCC(C)CO. The third-order valence-corrected chi connectivity index (χ3v) is 1.37. The Morgan fingerprint density at radius 2 is 2.22 bits per heavy atom. The third-order valence-electron chi connectivity index (χ3n) is 1.37. The van der Waals surface area contributed by atoms with Crippen LogP contribution in [0.3, 0.4) is 0 Å². The summed E-state index contributed by atoms with van der Waals surface area (Å²) in [5.74, 6) is 0.459. The Hall–Kier alpha value is -0.300. The van der Waals surface area contributed by atoms with Crippen LogP contribution in [0, 0.1) is 5.92 Å². The summed E-state index contributed by atoms with van der Waals surface area (Å²) in [5.41, 5.74) is 0. The van der Waals surface area contributed by atoms with Crippen LogP contribution >= 0.6 is 0 Å². The Morgan fingerprint density at radius 1 is 1.56 bits per heavy atom. The topological polar surface area (TPSA) is 20.2 Å². The Labute approximate surface area is 57.4 Å². The number of allylic oxidation sites excluding steroid dienone is 2. The summed E-state index contributed by atoms with van der Waals surface area (Å²) in [6, 6.07) is 0. The minimum Gasteiger partial charge on any atom is -0.396 e. The molecule has 1 atom stereocenters. The first-order chi connectivity index (χ1) is 4.31. The Kier molecular flexibility index (Phi) is 5.64. The molecule has 0 aromatic heterocycles. The molecule has 0 spiro atoms. The molecule has 0 rings (SSSR count). The second-order valence-electron chi connectivity index (χ2n) is 2.43. The molecule has 1 unspecified atom stereocenters. The molecule has 0 heterocycles. The number of hydrogen-bond donors (Lipinski definition) is 1. The molecule has 0 aromatic rings. The highest BCUT2D eigenvalue weighted by molar-refractivity contribution is 4.76. The van der Waals surface area contributed by atoms with Gasteiger partial charge in [-0.25, -0.2) is 0 Å². The van der Waals surface area contributed by atoms with Gasteiger partial charge in [0.05, 0.1) is 0 Å². The van der Waals surface area contributed by atoms with Crippen LogP contribution in [0.2, 0.25) is 0 Å². The highest BCUT2D eigenvalue weighted by Gasteiger charge is 1.95. The molecule has 54 valence electrons. The molecular weight excluding hydrogens is 112 g/mol. The van der Waals surface area contributed by atoms with E-state index in [-0.39, 0.29) is 0 Å². The maximum Gasteiger partial charge on any atom is 0.0456 e. The van der Waals surface area contributed by atoms with E-state index in [1.807, 2.05) is 13.0 Å². The number of hydrogen-bond acceptors (Lipinski definition) is 1. The van der Waals surface area contributed by atoms with Crippen molar-refractivity contribution < 1.29 is 5.11 Å². The van der Waals surface area contributed by atoms with Crippen LogP contribution in [-0.2, 0) is 0 Å². The monoisotopic (exact) mass is 128 g/mol. The zero-order chi connectivity index (χ0) is 7.11. The molecule has 0 bridgehead atoms. The van der Waals surface area contributed by atoms with Gasteiger partial charge in [-0.05, 0) is 25.7 Å². The van der Waals surface area contributed by atoms with E-state index in [1.165, 1.54) is 0 Å². The summed E-state index contributed by atoms with van der Waals surface area (Å²) >= 11 is 0. The first-order valence-electron chi connectivity index (χ1n) is 3.53. The fourth-order valence-electron chi connectivity index (χ4n) is 0.639. The fraction of sp³-hybridized carbons (Fsp3) is 0.750. The van der Waals surface area contributed by atoms with Gasteiger partial charge < -0.3 is 5.11 Å². The predicted octanol–water partition coefficient (Wildman–Crippen LogP) is 1.97. The lowest BCUT2D eigenvalue weighted by atomic mass is 10.1. The van der Waals surface area contributed by atoms with Crippen molar-refractivity contribution in [3.63, 3.8) is 0 Å². The van der Waals surface area contributed by atoms with Crippen molar-refractivity contribution in [2.45, 2.75) is 26.7 Å². The lowest BCUT2D eigenvalue weighted by Crippen LogP contribution is -1.98. The highest BCUT2D eigenvalue weighted by Crippen LogP contribution is 2.03. The van der Waals surface area contributed by atoms with Crippen molar-refractivity contribution in [1.29, 1.82) is 0 Å². The van der Waals surface area contributed by atoms with Gasteiger partial charge in [0.15, 0.2) is 0 Å². The van der Waals surface area contributed by atoms with Crippen molar-refractivity contribution in [3.05, 3.63) is 12.2 Å². The largest absolute Gasteiger partial charge is 0.396 e. The standard InChI is InChI=1S/C8H16O/c1-3-4-5-6-8(2)7-9/h3-4,8-9H,5-7H2,1-2H3/b4-3+. The van der Waals surface area contributed by atoms with Gasteiger partial charge in [-0.15, -0.1) is 0 Å². The summed E-state index contributed by atoms with van der Waals surface area (Å²) in [6.07, 6.45) is 6.37. The van der Waals surface area contributed by atoms with Gasteiger partial charge in [0.1, 0.15) is 0 Å². The van der Waals surface area contributed by atoms with Gasteiger partial charge >= 0.3 is 0 Å². The molecule has 0 amide bonds. The Balaban J connectivity index is 3.06. The predicted molar refractivity (Wildman–Crippen MR) is 40.3 cm³/mol. The number of aliphatic hydroxyl groups excluding tert-OH is 1. The summed E-state index contributed by atoms with van der Waals surface area (Å²) in [7, 11) is 0. The average Bonchev–Trinajstić information content (AvgIpc) is 1.89. The van der Waals surface area contributed by atoms with Gasteiger partial charge in [0.25, 0.3) is 0 Å². The lowest BCUT2D eigenvalue weighted by molar-refractivity contribution is 0.231. The molecule has 1 heteroatoms. The van der Waals surface area contributed by atoms with Crippen molar-refractivity contribution >= 4 is 0 Å².